The van der Waals surface area contributed by atoms with Crippen molar-refractivity contribution in [2.24, 2.45) is 0 Å². The number of sulfonamides is 1. The number of anilines is 1. The van der Waals surface area contributed by atoms with Crippen molar-refractivity contribution in [3.05, 3.63) is 94.2 Å². The standard InChI is InChI=1S/C33H33N3O6S/c1-4-41-30-25-11-8-16-34-29(25)31(42-5-2)26-18-36(33(38)28(26)30)27-15-12-21(17-20(27)3)19-43(39,40)35-32(37)24-14-13-22-9-6-7-10-23(22)24/h6-12,15-17,24H,4-5,13-14,18-19H2,1-3H3,(H,35,37). The molecular formula is C33H33N3O6S. The minimum atomic E-state index is -3.94. The molecule has 1 atom stereocenters. The van der Waals surface area contributed by atoms with Gasteiger partial charge in [0.15, 0.2) is 5.75 Å². The number of hydrogen-bond donors (Lipinski definition) is 1. The first-order valence-electron chi connectivity index (χ1n) is 14.4. The predicted octanol–water partition coefficient (Wildman–Crippen LogP) is 5.18. The van der Waals surface area contributed by atoms with Crippen LogP contribution in [0, 0.1) is 6.92 Å². The Kier molecular flexibility index (Phi) is 7.56. The monoisotopic (exact) mass is 599 g/mol. The van der Waals surface area contributed by atoms with Gasteiger partial charge in [-0.2, -0.15) is 0 Å². The topological polar surface area (TPSA) is 115 Å². The van der Waals surface area contributed by atoms with Gasteiger partial charge >= 0.3 is 0 Å². The molecule has 9 nitrogen and oxygen atoms in total. The summed E-state index contributed by atoms with van der Waals surface area (Å²) in [6, 6.07) is 16.5. The molecule has 1 unspecified atom stereocenters. The summed E-state index contributed by atoms with van der Waals surface area (Å²) in [6.07, 6.45) is 3.02. The number of aryl methyl sites for hydroxylation is 2. The summed E-state index contributed by atoms with van der Waals surface area (Å²) in [7, 11) is -3.94. The van der Waals surface area contributed by atoms with Gasteiger partial charge in [-0.1, -0.05) is 36.4 Å². The Bertz CT molecular complexity index is 1870. The number of pyridine rings is 1. The van der Waals surface area contributed by atoms with Crippen LogP contribution in [-0.2, 0) is 33.5 Å². The van der Waals surface area contributed by atoms with Crippen LogP contribution in [0.2, 0.25) is 0 Å². The van der Waals surface area contributed by atoms with Crippen LogP contribution in [0.5, 0.6) is 11.5 Å². The summed E-state index contributed by atoms with van der Waals surface area (Å²) in [5.74, 6) is -0.519. The Morgan fingerprint density at radius 3 is 2.58 bits per heavy atom. The van der Waals surface area contributed by atoms with E-state index in [2.05, 4.69) is 9.71 Å². The Balaban J connectivity index is 1.25. The van der Waals surface area contributed by atoms with Gasteiger partial charge in [0.1, 0.15) is 11.3 Å². The molecule has 0 spiro atoms. The molecule has 1 aromatic heterocycles. The lowest BCUT2D eigenvalue weighted by molar-refractivity contribution is -0.120. The van der Waals surface area contributed by atoms with Crippen molar-refractivity contribution >= 4 is 38.4 Å². The molecule has 0 bridgehead atoms. The van der Waals surface area contributed by atoms with Crippen LogP contribution in [-0.4, -0.2) is 38.4 Å². The molecule has 6 rings (SSSR count). The minimum Gasteiger partial charge on any atom is -0.492 e. The van der Waals surface area contributed by atoms with Crippen LogP contribution in [0.3, 0.4) is 0 Å². The number of fused-ring (bicyclic) bond motifs is 3. The molecule has 0 fully saturated rings. The molecule has 0 saturated carbocycles. The van der Waals surface area contributed by atoms with E-state index in [0.29, 0.717) is 64.4 Å². The molecule has 0 radical (unpaired) electrons. The molecule has 4 aromatic rings. The van der Waals surface area contributed by atoms with E-state index in [0.717, 1.165) is 23.1 Å². The highest BCUT2D eigenvalue weighted by Gasteiger charge is 2.38. The van der Waals surface area contributed by atoms with Crippen molar-refractivity contribution < 1.29 is 27.5 Å². The van der Waals surface area contributed by atoms with Crippen molar-refractivity contribution in [3.8, 4) is 11.5 Å². The zero-order valence-corrected chi connectivity index (χ0v) is 25.2. The number of ether oxygens (including phenoxy) is 2. The number of hydrogen-bond acceptors (Lipinski definition) is 7. The third kappa shape index (κ3) is 5.20. The second kappa shape index (κ2) is 11.3. The van der Waals surface area contributed by atoms with Crippen molar-refractivity contribution in [3.63, 3.8) is 0 Å². The maximum Gasteiger partial charge on any atom is 0.262 e. The first kappa shape index (κ1) is 28.7. The fourth-order valence-corrected chi connectivity index (χ4v) is 7.39. The van der Waals surface area contributed by atoms with Gasteiger partial charge < -0.3 is 14.4 Å². The lowest BCUT2D eigenvalue weighted by atomic mass is 10.0. The smallest absolute Gasteiger partial charge is 0.262 e. The highest BCUT2D eigenvalue weighted by atomic mass is 32.2. The molecule has 0 saturated heterocycles. The summed E-state index contributed by atoms with van der Waals surface area (Å²) in [6.45, 7) is 6.64. The molecule has 2 aliphatic rings. The van der Waals surface area contributed by atoms with Crippen molar-refractivity contribution in [2.75, 3.05) is 18.1 Å². The normalized spacial score (nSPS) is 15.8. The van der Waals surface area contributed by atoms with Gasteiger partial charge in [0.05, 0.1) is 37.0 Å². The van der Waals surface area contributed by atoms with Gasteiger partial charge in [0, 0.05) is 22.8 Å². The number of carbonyl (C=O) groups excluding carboxylic acids is 2. The molecule has 3 aromatic carbocycles. The van der Waals surface area contributed by atoms with E-state index in [-0.39, 0.29) is 18.2 Å². The van der Waals surface area contributed by atoms with E-state index in [9.17, 15) is 18.0 Å². The molecule has 10 heteroatoms. The quantitative estimate of drug-likeness (QED) is 0.282. The largest absolute Gasteiger partial charge is 0.492 e. The Morgan fingerprint density at radius 2 is 1.81 bits per heavy atom. The molecule has 1 aliphatic carbocycles. The van der Waals surface area contributed by atoms with E-state index in [1.54, 1.807) is 35.4 Å². The zero-order valence-electron chi connectivity index (χ0n) is 24.3. The zero-order chi connectivity index (χ0) is 30.3. The lowest BCUT2D eigenvalue weighted by Gasteiger charge is -2.19. The van der Waals surface area contributed by atoms with Gasteiger partial charge in [-0.15, -0.1) is 0 Å². The first-order chi connectivity index (χ1) is 20.7. The van der Waals surface area contributed by atoms with Gasteiger partial charge in [0.25, 0.3) is 5.91 Å². The van der Waals surface area contributed by atoms with E-state index < -0.39 is 21.8 Å². The Morgan fingerprint density at radius 1 is 1.05 bits per heavy atom. The summed E-state index contributed by atoms with van der Waals surface area (Å²) >= 11 is 0. The molecule has 1 N–H and O–H groups in total. The maximum atomic E-state index is 13.9. The van der Waals surface area contributed by atoms with Crippen LogP contribution in [0.25, 0.3) is 10.9 Å². The average Bonchev–Trinajstić information content (AvgIpc) is 3.56. The van der Waals surface area contributed by atoms with Crippen molar-refractivity contribution in [1.29, 1.82) is 0 Å². The van der Waals surface area contributed by atoms with E-state index in [1.807, 2.05) is 51.1 Å². The third-order valence-electron chi connectivity index (χ3n) is 8.04. The molecule has 222 valence electrons. The number of amides is 2. The van der Waals surface area contributed by atoms with E-state index >= 15 is 0 Å². The predicted molar refractivity (Wildman–Crippen MR) is 164 cm³/mol. The van der Waals surface area contributed by atoms with Crippen LogP contribution in [0.4, 0.5) is 5.69 Å². The highest BCUT2D eigenvalue weighted by Crippen LogP contribution is 2.46. The third-order valence-corrected chi connectivity index (χ3v) is 9.26. The average molecular weight is 600 g/mol. The van der Waals surface area contributed by atoms with E-state index in [4.69, 9.17) is 9.47 Å². The van der Waals surface area contributed by atoms with Gasteiger partial charge in [0.2, 0.25) is 15.9 Å². The molecule has 1 aliphatic heterocycles. The molecule has 43 heavy (non-hydrogen) atoms. The minimum absolute atomic E-state index is 0.224. The second-order valence-electron chi connectivity index (χ2n) is 10.8. The Hall–Kier alpha value is -4.44. The van der Waals surface area contributed by atoms with Crippen LogP contribution < -0.4 is 19.1 Å². The number of aromatic nitrogens is 1. The van der Waals surface area contributed by atoms with Crippen LogP contribution in [0.15, 0.2) is 60.8 Å². The van der Waals surface area contributed by atoms with Crippen molar-refractivity contribution in [1.82, 2.24) is 9.71 Å². The van der Waals surface area contributed by atoms with E-state index in [1.165, 1.54) is 0 Å². The summed E-state index contributed by atoms with van der Waals surface area (Å²) in [5.41, 5.74) is 5.65. The molecule has 2 amide bonds. The molecule has 2 heterocycles. The Labute approximate surface area is 250 Å². The van der Waals surface area contributed by atoms with Crippen LogP contribution in [0.1, 0.15) is 64.4 Å². The SMILES string of the molecule is CCOc1c2c(c(OCC)c3ncccc13)CN(c1ccc(CS(=O)(=O)NC(=O)C3CCc4ccccc43)cc1C)C2=O. The number of benzene rings is 3. The number of nitrogens with one attached hydrogen (secondary N) is 1. The highest BCUT2D eigenvalue weighted by molar-refractivity contribution is 7.89. The van der Waals surface area contributed by atoms with Gasteiger partial charge in [-0.25, -0.2) is 8.42 Å². The molecular weight excluding hydrogens is 566 g/mol. The fourth-order valence-electron chi connectivity index (χ4n) is 6.25. The lowest BCUT2D eigenvalue weighted by Crippen LogP contribution is -2.35. The summed E-state index contributed by atoms with van der Waals surface area (Å²) < 4.78 is 40.3. The number of nitrogens with zero attached hydrogens (tertiary/aromatic N) is 2. The number of carbonyl (C=O) groups is 2. The second-order valence-corrected chi connectivity index (χ2v) is 12.5. The van der Waals surface area contributed by atoms with Crippen molar-refractivity contribution in [2.45, 2.75) is 51.8 Å². The fraction of sp³-hybridized carbons (Fsp3) is 0.303. The van der Waals surface area contributed by atoms with Gasteiger partial charge in [-0.05, 0) is 74.1 Å². The van der Waals surface area contributed by atoms with Crippen LogP contribution >= 0.6 is 0 Å². The van der Waals surface area contributed by atoms with Gasteiger partial charge in [-0.3, -0.25) is 19.3 Å². The first-order valence-corrected chi connectivity index (χ1v) is 16.1. The summed E-state index contributed by atoms with van der Waals surface area (Å²) in [5, 5.41) is 0.710. The number of rotatable bonds is 9. The maximum absolute atomic E-state index is 13.9. The summed E-state index contributed by atoms with van der Waals surface area (Å²) in [4.78, 5) is 33.0.